The third-order valence-electron chi connectivity index (χ3n) is 3.72. The van der Waals surface area contributed by atoms with Gasteiger partial charge in [-0.25, -0.2) is 0 Å². The molecule has 116 valence electrons. The lowest BCUT2D eigenvalue weighted by Gasteiger charge is -2.28. The Balaban J connectivity index is 1.93. The van der Waals surface area contributed by atoms with Crippen LogP contribution >= 0.6 is 11.3 Å². The van der Waals surface area contributed by atoms with Crippen molar-refractivity contribution in [1.82, 2.24) is 5.32 Å². The van der Waals surface area contributed by atoms with Gasteiger partial charge in [-0.3, -0.25) is 4.79 Å². The van der Waals surface area contributed by atoms with E-state index < -0.39 is 11.5 Å². The van der Waals surface area contributed by atoms with Gasteiger partial charge in [-0.1, -0.05) is 66.7 Å². The average Bonchev–Trinajstić information content (AvgIpc) is 3.14. The Morgan fingerprint density at radius 3 is 1.96 bits per heavy atom. The molecule has 0 saturated carbocycles. The summed E-state index contributed by atoms with van der Waals surface area (Å²) in [5.74, 6) is -0.427. The lowest BCUT2D eigenvalue weighted by atomic mass is 9.85. The molecule has 2 N–H and O–H groups in total. The first-order chi connectivity index (χ1) is 11.2. The van der Waals surface area contributed by atoms with Gasteiger partial charge < -0.3 is 10.4 Å². The van der Waals surface area contributed by atoms with Crippen molar-refractivity contribution in [1.29, 1.82) is 0 Å². The first kappa shape index (κ1) is 15.5. The van der Waals surface area contributed by atoms with Crippen LogP contribution in [0, 0.1) is 0 Å². The second-order valence-corrected chi connectivity index (χ2v) is 6.24. The summed E-state index contributed by atoms with van der Waals surface area (Å²) < 4.78 is 0. The molecule has 0 aliphatic rings. The van der Waals surface area contributed by atoms with Crippen LogP contribution in [0.2, 0.25) is 0 Å². The standard InChI is InChI=1S/C19H17NO2S/c21-18(20-14-17-12-7-13-23-17)19(22,15-8-3-1-4-9-15)16-10-5-2-6-11-16/h1-13,22H,14H2,(H,20,21). The molecule has 0 fully saturated rings. The molecule has 0 radical (unpaired) electrons. The Kier molecular flexibility index (Phi) is 4.55. The summed E-state index contributed by atoms with van der Waals surface area (Å²) in [5.41, 5.74) is -0.607. The molecule has 0 spiro atoms. The minimum atomic E-state index is -1.71. The quantitative estimate of drug-likeness (QED) is 0.757. The number of nitrogens with one attached hydrogen (secondary N) is 1. The van der Waals surface area contributed by atoms with Crippen molar-refractivity contribution in [3.8, 4) is 0 Å². The van der Waals surface area contributed by atoms with Crippen LogP contribution in [0.3, 0.4) is 0 Å². The maximum Gasteiger partial charge on any atom is 0.261 e. The van der Waals surface area contributed by atoms with E-state index >= 15 is 0 Å². The summed E-state index contributed by atoms with van der Waals surface area (Å²) in [4.78, 5) is 13.8. The molecule has 4 heteroatoms. The van der Waals surface area contributed by atoms with Crippen molar-refractivity contribution in [2.24, 2.45) is 0 Å². The second-order valence-electron chi connectivity index (χ2n) is 5.20. The summed E-state index contributed by atoms with van der Waals surface area (Å²) in [6.07, 6.45) is 0. The summed E-state index contributed by atoms with van der Waals surface area (Å²) in [6.45, 7) is 0.401. The van der Waals surface area contributed by atoms with Crippen LogP contribution < -0.4 is 5.32 Å². The zero-order valence-electron chi connectivity index (χ0n) is 12.5. The fourth-order valence-corrected chi connectivity index (χ4v) is 3.14. The van der Waals surface area contributed by atoms with E-state index in [1.807, 2.05) is 53.9 Å². The van der Waals surface area contributed by atoms with Gasteiger partial charge in [-0.05, 0) is 22.6 Å². The van der Waals surface area contributed by atoms with E-state index in [-0.39, 0.29) is 0 Å². The van der Waals surface area contributed by atoms with Gasteiger partial charge in [0, 0.05) is 4.88 Å². The van der Waals surface area contributed by atoms with E-state index in [1.54, 1.807) is 35.6 Å². The van der Waals surface area contributed by atoms with Crippen molar-refractivity contribution in [2.45, 2.75) is 12.1 Å². The molecule has 23 heavy (non-hydrogen) atoms. The van der Waals surface area contributed by atoms with Crippen molar-refractivity contribution in [3.63, 3.8) is 0 Å². The monoisotopic (exact) mass is 323 g/mol. The maximum absolute atomic E-state index is 12.8. The fourth-order valence-electron chi connectivity index (χ4n) is 2.50. The Labute approximate surface area is 139 Å². The minimum Gasteiger partial charge on any atom is -0.372 e. The topological polar surface area (TPSA) is 49.3 Å². The predicted molar refractivity (Wildman–Crippen MR) is 92.0 cm³/mol. The molecule has 0 aliphatic heterocycles. The molecular formula is C19H17NO2S. The third kappa shape index (κ3) is 3.18. The Hall–Kier alpha value is -2.43. The highest BCUT2D eigenvalue weighted by Crippen LogP contribution is 2.30. The Morgan fingerprint density at radius 2 is 1.48 bits per heavy atom. The molecule has 0 atom stereocenters. The van der Waals surface area contributed by atoms with Gasteiger partial charge in [0.25, 0.3) is 5.91 Å². The van der Waals surface area contributed by atoms with E-state index in [0.717, 1.165) is 4.88 Å². The average molecular weight is 323 g/mol. The molecule has 0 aliphatic carbocycles. The van der Waals surface area contributed by atoms with Gasteiger partial charge in [-0.15, -0.1) is 11.3 Å². The van der Waals surface area contributed by atoms with Gasteiger partial charge in [-0.2, -0.15) is 0 Å². The van der Waals surface area contributed by atoms with E-state index in [9.17, 15) is 9.90 Å². The number of carbonyl (C=O) groups is 1. The minimum absolute atomic E-state index is 0.401. The molecule has 1 amide bonds. The summed E-state index contributed by atoms with van der Waals surface area (Å²) in [6, 6.07) is 21.9. The number of carbonyl (C=O) groups excluding carboxylic acids is 1. The highest BCUT2D eigenvalue weighted by molar-refractivity contribution is 7.09. The molecule has 0 saturated heterocycles. The van der Waals surface area contributed by atoms with Crippen LogP contribution in [-0.4, -0.2) is 11.0 Å². The normalized spacial score (nSPS) is 11.2. The molecule has 0 bridgehead atoms. The summed E-state index contributed by atoms with van der Waals surface area (Å²) in [7, 11) is 0. The molecule has 3 rings (SSSR count). The molecule has 3 aromatic rings. The molecule has 0 unspecified atom stereocenters. The Morgan fingerprint density at radius 1 is 0.913 bits per heavy atom. The zero-order valence-corrected chi connectivity index (χ0v) is 13.3. The van der Waals surface area contributed by atoms with Crippen molar-refractivity contribution in [2.75, 3.05) is 0 Å². The number of amides is 1. The van der Waals surface area contributed by atoms with Crippen LogP contribution in [-0.2, 0) is 16.9 Å². The van der Waals surface area contributed by atoms with Crippen molar-refractivity contribution < 1.29 is 9.90 Å². The number of hydrogen-bond donors (Lipinski definition) is 2. The van der Waals surface area contributed by atoms with Crippen molar-refractivity contribution in [3.05, 3.63) is 94.2 Å². The number of hydrogen-bond acceptors (Lipinski definition) is 3. The molecular weight excluding hydrogens is 306 g/mol. The Bertz CT molecular complexity index is 715. The van der Waals surface area contributed by atoms with E-state index in [1.165, 1.54) is 0 Å². The maximum atomic E-state index is 12.8. The first-order valence-electron chi connectivity index (χ1n) is 7.35. The second kappa shape index (κ2) is 6.77. The van der Waals surface area contributed by atoms with E-state index in [4.69, 9.17) is 0 Å². The smallest absolute Gasteiger partial charge is 0.261 e. The van der Waals surface area contributed by atoms with Gasteiger partial charge in [0.1, 0.15) is 0 Å². The van der Waals surface area contributed by atoms with Crippen molar-refractivity contribution >= 4 is 17.2 Å². The lowest BCUT2D eigenvalue weighted by molar-refractivity contribution is -0.136. The predicted octanol–water partition coefficient (Wildman–Crippen LogP) is 3.30. The van der Waals surface area contributed by atoms with Gasteiger partial charge in [0.15, 0.2) is 5.60 Å². The van der Waals surface area contributed by atoms with Gasteiger partial charge in [0.2, 0.25) is 0 Å². The first-order valence-corrected chi connectivity index (χ1v) is 8.23. The molecule has 2 aromatic carbocycles. The number of benzene rings is 2. The largest absolute Gasteiger partial charge is 0.372 e. The summed E-state index contributed by atoms with van der Waals surface area (Å²) >= 11 is 1.57. The fraction of sp³-hybridized carbons (Fsp3) is 0.105. The zero-order chi connectivity index (χ0) is 16.1. The SMILES string of the molecule is O=C(NCc1cccs1)C(O)(c1ccccc1)c1ccccc1. The van der Waals surface area contributed by atoms with Crippen LogP contribution in [0.1, 0.15) is 16.0 Å². The number of rotatable bonds is 5. The molecule has 3 nitrogen and oxygen atoms in total. The van der Waals surface area contributed by atoms with Crippen LogP contribution in [0.4, 0.5) is 0 Å². The van der Waals surface area contributed by atoms with Crippen LogP contribution in [0.5, 0.6) is 0 Å². The highest BCUT2D eigenvalue weighted by atomic mass is 32.1. The van der Waals surface area contributed by atoms with E-state index in [0.29, 0.717) is 17.7 Å². The number of aliphatic hydroxyl groups is 1. The number of thiophene rings is 1. The lowest BCUT2D eigenvalue weighted by Crippen LogP contribution is -2.45. The highest BCUT2D eigenvalue weighted by Gasteiger charge is 2.39. The van der Waals surface area contributed by atoms with E-state index in [2.05, 4.69) is 5.32 Å². The van der Waals surface area contributed by atoms with Gasteiger partial charge in [0.05, 0.1) is 6.54 Å². The van der Waals surface area contributed by atoms with Crippen LogP contribution in [0.15, 0.2) is 78.2 Å². The molecule has 1 aromatic heterocycles. The molecule has 1 heterocycles. The summed E-state index contributed by atoms with van der Waals surface area (Å²) in [5, 5.41) is 16.0. The van der Waals surface area contributed by atoms with Crippen LogP contribution in [0.25, 0.3) is 0 Å². The van der Waals surface area contributed by atoms with Gasteiger partial charge >= 0.3 is 0 Å². The third-order valence-corrected chi connectivity index (χ3v) is 4.59.